The monoisotopic (exact) mass is 269 g/mol. The molecule has 0 bridgehead atoms. The standard InChI is InChI=1S/C15H12FN3O/c1-9-8-10(6-7-18-9)14-13(15(17)20-19-14)11-4-2-3-5-12(11)16/h2-8H,17H2,1H3. The Kier molecular flexibility index (Phi) is 2.95. The second-order valence-corrected chi connectivity index (χ2v) is 4.44. The Morgan fingerprint density at radius 2 is 2.00 bits per heavy atom. The molecule has 3 rings (SSSR count). The van der Waals surface area contributed by atoms with Crippen LogP contribution in [0.3, 0.4) is 0 Å². The fourth-order valence-electron chi connectivity index (χ4n) is 2.12. The predicted molar refractivity (Wildman–Crippen MR) is 74.3 cm³/mol. The van der Waals surface area contributed by atoms with Crippen LogP contribution in [0.1, 0.15) is 5.69 Å². The number of hydrogen-bond donors (Lipinski definition) is 1. The van der Waals surface area contributed by atoms with Gasteiger partial charge in [-0.2, -0.15) is 0 Å². The number of nitrogens with zero attached hydrogens (tertiary/aromatic N) is 2. The number of aromatic nitrogens is 2. The van der Waals surface area contributed by atoms with Gasteiger partial charge in [0, 0.05) is 23.0 Å². The van der Waals surface area contributed by atoms with Gasteiger partial charge in [0.2, 0.25) is 5.88 Å². The van der Waals surface area contributed by atoms with E-state index in [1.54, 1.807) is 30.5 Å². The molecule has 0 fully saturated rings. The van der Waals surface area contributed by atoms with Gasteiger partial charge >= 0.3 is 0 Å². The Balaban J connectivity index is 2.23. The summed E-state index contributed by atoms with van der Waals surface area (Å²) in [5.74, 6) is -0.269. The third kappa shape index (κ3) is 2.03. The summed E-state index contributed by atoms with van der Waals surface area (Å²) in [4.78, 5) is 4.13. The fraction of sp³-hybridized carbons (Fsp3) is 0.0667. The number of halogens is 1. The van der Waals surface area contributed by atoms with Crippen LogP contribution in [0, 0.1) is 12.7 Å². The summed E-state index contributed by atoms with van der Waals surface area (Å²) in [6.07, 6.45) is 1.67. The minimum atomic E-state index is -0.366. The maximum absolute atomic E-state index is 14.0. The first-order valence-corrected chi connectivity index (χ1v) is 6.10. The molecule has 2 aromatic heterocycles. The van der Waals surface area contributed by atoms with Crippen molar-refractivity contribution in [1.29, 1.82) is 0 Å². The van der Waals surface area contributed by atoms with E-state index in [9.17, 15) is 4.39 Å². The van der Waals surface area contributed by atoms with E-state index in [1.807, 2.05) is 13.0 Å². The lowest BCUT2D eigenvalue weighted by molar-refractivity contribution is 0.439. The van der Waals surface area contributed by atoms with Crippen molar-refractivity contribution < 1.29 is 8.91 Å². The molecule has 0 saturated heterocycles. The highest BCUT2D eigenvalue weighted by Gasteiger charge is 2.20. The van der Waals surface area contributed by atoms with Crippen LogP contribution < -0.4 is 5.73 Å². The van der Waals surface area contributed by atoms with Crippen molar-refractivity contribution in [3.8, 4) is 22.4 Å². The smallest absolute Gasteiger partial charge is 0.230 e. The van der Waals surface area contributed by atoms with E-state index in [2.05, 4.69) is 10.1 Å². The summed E-state index contributed by atoms with van der Waals surface area (Å²) in [6, 6.07) is 10.0. The first-order chi connectivity index (χ1) is 9.66. The molecule has 1 aromatic carbocycles. The van der Waals surface area contributed by atoms with E-state index in [4.69, 9.17) is 10.3 Å². The highest BCUT2D eigenvalue weighted by Crippen LogP contribution is 2.37. The molecule has 0 aliphatic carbocycles. The third-order valence-corrected chi connectivity index (χ3v) is 3.03. The van der Waals surface area contributed by atoms with Crippen molar-refractivity contribution in [3.63, 3.8) is 0 Å². The minimum absolute atomic E-state index is 0.0968. The first-order valence-electron chi connectivity index (χ1n) is 6.10. The molecular weight excluding hydrogens is 257 g/mol. The largest absolute Gasteiger partial charge is 0.367 e. The van der Waals surface area contributed by atoms with Gasteiger partial charge in [0.05, 0.1) is 5.56 Å². The number of benzene rings is 1. The van der Waals surface area contributed by atoms with Crippen molar-refractivity contribution in [1.82, 2.24) is 10.1 Å². The number of hydrogen-bond acceptors (Lipinski definition) is 4. The van der Waals surface area contributed by atoms with Gasteiger partial charge in [-0.3, -0.25) is 4.98 Å². The molecule has 0 atom stereocenters. The fourth-order valence-corrected chi connectivity index (χ4v) is 2.12. The van der Waals surface area contributed by atoms with Gasteiger partial charge in [-0.25, -0.2) is 4.39 Å². The molecule has 0 aliphatic rings. The number of rotatable bonds is 2. The van der Waals surface area contributed by atoms with E-state index in [-0.39, 0.29) is 11.7 Å². The van der Waals surface area contributed by atoms with Gasteiger partial charge in [0.15, 0.2) is 0 Å². The zero-order valence-corrected chi connectivity index (χ0v) is 10.8. The molecular formula is C15H12FN3O. The Labute approximate surface area is 115 Å². The summed E-state index contributed by atoms with van der Waals surface area (Å²) in [7, 11) is 0. The predicted octanol–water partition coefficient (Wildman–Crippen LogP) is 3.43. The summed E-state index contributed by atoms with van der Waals surface area (Å²) in [6.45, 7) is 1.87. The normalized spacial score (nSPS) is 10.7. The van der Waals surface area contributed by atoms with E-state index in [1.165, 1.54) is 6.07 Å². The SMILES string of the molecule is Cc1cc(-c2noc(N)c2-c2ccccc2F)ccn1. The van der Waals surface area contributed by atoms with Gasteiger partial charge in [-0.15, -0.1) is 0 Å². The molecule has 3 aromatic rings. The molecule has 2 N–H and O–H groups in total. The first kappa shape index (κ1) is 12.3. The maximum Gasteiger partial charge on any atom is 0.230 e. The molecule has 0 unspecified atom stereocenters. The average Bonchev–Trinajstić information content (AvgIpc) is 2.81. The molecule has 2 heterocycles. The molecule has 0 saturated carbocycles. The second-order valence-electron chi connectivity index (χ2n) is 4.44. The molecule has 0 radical (unpaired) electrons. The van der Waals surface area contributed by atoms with Gasteiger partial charge in [0.1, 0.15) is 11.5 Å². The van der Waals surface area contributed by atoms with Crippen LogP contribution in [0.5, 0.6) is 0 Å². The van der Waals surface area contributed by atoms with Crippen LogP contribution in [0.25, 0.3) is 22.4 Å². The summed E-state index contributed by atoms with van der Waals surface area (Å²) in [5.41, 5.74) is 8.78. The van der Waals surface area contributed by atoms with E-state index >= 15 is 0 Å². The van der Waals surface area contributed by atoms with Crippen LogP contribution >= 0.6 is 0 Å². The van der Waals surface area contributed by atoms with Gasteiger partial charge < -0.3 is 10.3 Å². The highest BCUT2D eigenvalue weighted by molar-refractivity contribution is 5.87. The topological polar surface area (TPSA) is 64.9 Å². The van der Waals surface area contributed by atoms with Crippen molar-refractivity contribution in [3.05, 3.63) is 54.1 Å². The van der Waals surface area contributed by atoms with E-state index < -0.39 is 0 Å². The molecule has 5 heteroatoms. The lowest BCUT2D eigenvalue weighted by Gasteiger charge is -2.04. The quantitative estimate of drug-likeness (QED) is 0.774. The lowest BCUT2D eigenvalue weighted by Crippen LogP contribution is -1.91. The second kappa shape index (κ2) is 4.77. The van der Waals surface area contributed by atoms with E-state index in [0.717, 1.165) is 11.3 Å². The summed E-state index contributed by atoms with van der Waals surface area (Å²) >= 11 is 0. The van der Waals surface area contributed by atoms with Crippen LogP contribution in [0.4, 0.5) is 10.3 Å². The molecule has 4 nitrogen and oxygen atoms in total. The van der Waals surface area contributed by atoms with Crippen molar-refractivity contribution in [2.45, 2.75) is 6.92 Å². The number of nitrogens with two attached hydrogens (primary N) is 1. The maximum atomic E-state index is 14.0. The molecule has 0 amide bonds. The van der Waals surface area contributed by atoms with Crippen LogP contribution in [-0.4, -0.2) is 10.1 Å². The van der Waals surface area contributed by atoms with Crippen LogP contribution in [0.2, 0.25) is 0 Å². The molecule has 0 spiro atoms. The molecule has 20 heavy (non-hydrogen) atoms. The van der Waals surface area contributed by atoms with Gasteiger partial charge in [-0.1, -0.05) is 23.4 Å². The Morgan fingerprint density at radius 1 is 1.20 bits per heavy atom. The van der Waals surface area contributed by atoms with Gasteiger partial charge in [0.25, 0.3) is 0 Å². The van der Waals surface area contributed by atoms with Crippen molar-refractivity contribution in [2.75, 3.05) is 5.73 Å². The van der Waals surface area contributed by atoms with Crippen LogP contribution in [-0.2, 0) is 0 Å². The number of nitrogen functional groups attached to an aromatic ring is 1. The molecule has 0 aliphatic heterocycles. The zero-order chi connectivity index (χ0) is 14.1. The summed E-state index contributed by atoms with van der Waals surface area (Å²) < 4.78 is 19.0. The number of aryl methyl sites for hydroxylation is 1. The minimum Gasteiger partial charge on any atom is -0.367 e. The number of anilines is 1. The van der Waals surface area contributed by atoms with Crippen LogP contribution in [0.15, 0.2) is 47.1 Å². The highest BCUT2D eigenvalue weighted by atomic mass is 19.1. The third-order valence-electron chi connectivity index (χ3n) is 3.03. The van der Waals surface area contributed by atoms with E-state index in [0.29, 0.717) is 16.8 Å². The molecule has 100 valence electrons. The summed E-state index contributed by atoms with van der Waals surface area (Å²) in [5, 5.41) is 3.95. The van der Waals surface area contributed by atoms with Crippen molar-refractivity contribution >= 4 is 5.88 Å². The Morgan fingerprint density at radius 3 is 2.75 bits per heavy atom. The van der Waals surface area contributed by atoms with Crippen molar-refractivity contribution in [2.24, 2.45) is 0 Å². The van der Waals surface area contributed by atoms with Gasteiger partial charge in [-0.05, 0) is 25.1 Å². The number of pyridine rings is 1. The lowest BCUT2D eigenvalue weighted by atomic mass is 10.0. The Bertz CT molecular complexity index is 767. The Hall–Kier alpha value is -2.69. The zero-order valence-electron chi connectivity index (χ0n) is 10.8. The average molecular weight is 269 g/mol.